The van der Waals surface area contributed by atoms with Gasteiger partial charge >= 0.3 is 0 Å². The van der Waals surface area contributed by atoms with Gasteiger partial charge in [-0.3, -0.25) is 10.8 Å². The predicted molar refractivity (Wildman–Crippen MR) is 82.0 cm³/mol. The molecule has 0 aliphatic heterocycles. The van der Waals surface area contributed by atoms with Gasteiger partial charge in [0.15, 0.2) is 0 Å². The molecule has 4 nitrogen and oxygen atoms in total. The summed E-state index contributed by atoms with van der Waals surface area (Å²) >= 11 is 0. The van der Waals surface area contributed by atoms with E-state index in [-0.39, 0.29) is 11.7 Å². The highest BCUT2D eigenvalue weighted by molar-refractivity contribution is 5.95. The number of benzene rings is 2. The predicted octanol–water partition coefficient (Wildman–Crippen LogP) is 2.05. The second-order valence-corrected chi connectivity index (χ2v) is 4.55. The Kier molecular flexibility index (Phi) is 4.15. The van der Waals surface area contributed by atoms with Gasteiger partial charge in [0.2, 0.25) is 0 Å². The normalized spacial score (nSPS) is 10.2. The first-order valence-electron chi connectivity index (χ1n) is 6.27. The molecular weight excluding hydrogens is 248 g/mol. The lowest BCUT2D eigenvalue weighted by atomic mass is 10.0. The first kappa shape index (κ1) is 13.8. The topological polar surface area (TPSA) is 99.7 Å². The fraction of sp³-hybridized carbons (Fsp3) is 0.0625. The smallest absolute Gasteiger partial charge is 0.122 e. The summed E-state index contributed by atoms with van der Waals surface area (Å²) in [6.07, 6.45) is 2.91. The average molecular weight is 265 g/mol. The molecule has 101 valence electrons. The van der Waals surface area contributed by atoms with Crippen molar-refractivity contribution in [3.8, 4) is 0 Å². The molecule has 0 heterocycles. The second-order valence-electron chi connectivity index (χ2n) is 4.55. The molecule has 0 aliphatic rings. The second kappa shape index (κ2) is 6.02. The van der Waals surface area contributed by atoms with Crippen molar-refractivity contribution in [2.45, 2.75) is 6.42 Å². The van der Waals surface area contributed by atoms with Crippen LogP contribution >= 0.6 is 0 Å². The SMILES string of the molecule is N=C(N)c1ccc([CH]Cc2ccc(C(=N)N)cc2)cc1. The quantitative estimate of drug-likeness (QED) is 0.491. The number of rotatable bonds is 5. The number of hydrogen-bond acceptors (Lipinski definition) is 2. The van der Waals surface area contributed by atoms with Crippen LogP contribution in [0.2, 0.25) is 0 Å². The number of nitrogens with two attached hydrogens (primary N) is 2. The standard InChI is InChI=1S/C16H17N4/c17-15(18)13-7-3-11(4-8-13)1-2-12-5-9-14(10-6-12)16(19)20/h1,3-10H,2H2,(H3,17,18)(H3,19,20). The van der Waals surface area contributed by atoms with Crippen molar-refractivity contribution < 1.29 is 0 Å². The van der Waals surface area contributed by atoms with Gasteiger partial charge in [-0.25, -0.2) is 0 Å². The van der Waals surface area contributed by atoms with Crippen molar-refractivity contribution in [2.24, 2.45) is 11.5 Å². The summed E-state index contributed by atoms with van der Waals surface area (Å²) in [5.74, 6) is 0.164. The minimum absolute atomic E-state index is 0.0800. The zero-order chi connectivity index (χ0) is 14.5. The van der Waals surface area contributed by atoms with E-state index < -0.39 is 0 Å². The van der Waals surface area contributed by atoms with Crippen molar-refractivity contribution in [1.29, 1.82) is 10.8 Å². The Bertz CT molecular complexity index is 554. The molecule has 0 amide bonds. The summed E-state index contributed by atoms with van der Waals surface area (Å²) in [7, 11) is 0. The van der Waals surface area contributed by atoms with Crippen LogP contribution in [0, 0.1) is 17.2 Å². The van der Waals surface area contributed by atoms with E-state index in [0.717, 1.165) is 28.7 Å². The molecule has 2 aromatic rings. The third kappa shape index (κ3) is 3.45. The first-order valence-corrected chi connectivity index (χ1v) is 6.27. The zero-order valence-electron chi connectivity index (χ0n) is 11.1. The molecule has 0 fully saturated rings. The fourth-order valence-corrected chi connectivity index (χ4v) is 1.85. The van der Waals surface area contributed by atoms with E-state index in [4.69, 9.17) is 22.3 Å². The van der Waals surface area contributed by atoms with E-state index in [1.807, 2.05) is 48.5 Å². The Morgan fingerprint density at radius 1 is 0.800 bits per heavy atom. The minimum Gasteiger partial charge on any atom is -0.384 e. The number of nitrogen functional groups attached to an aromatic ring is 2. The van der Waals surface area contributed by atoms with E-state index in [2.05, 4.69) is 6.42 Å². The van der Waals surface area contributed by atoms with Crippen LogP contribution in [0.3, 0.4) is 0 Å². The molecule has 4 heteroatoms. The van der Waals surface area contributed by atoms with E-state index in [1.54, 1.807) is 0 Å². The lowest BCUT2D eigenvalue weighted by molar-refractivity contribution is 1.16. The third-order valence-corrected chi connectivity index (χ3v) is 3.06. The Morgan fingerprint density at radius 2 is 1.25 bits per heavy atom. The molecule has 0 saturated carbocycles. The highest BCUT2D eigenvalue weighted by atomic mass is 14.7. The maximum Gasteiger partial charge on any atom is 0.122 e. The molecule has 0 atom stereocenters. The Balaban J connectivity index is 1.97. The third-order valence-electron chi connectivity index (χ3n) is 3.06. The van der Waals surface area contributed by atoms with Gasteiger partial charge in [-0.05, 0) is 24.0 Å². The van der Waals surface area contributed by atoms with Gasteiger partial charge in [-0.1, -0.05) is 48.5 Å². The molecular formula is C16H17N4. The van der Waals surface area contributed by atoms with Crippen LogP contribution in [0.5, 0.6) is 0 Å². The average Bonchev–Trinajstić information content (AvgIpc) is 2.46. The molecule has 20 heavy (non-hydrogen) atoms. The highest BCUT2D eigenvalue weighted by Gasteiger charge is 2.00. The fourth-order valence-electron chi connectivity index (χ4n) is 1.85. The zero-order valence-corrected chi connectivity index (χ0v) is 11.1. The van der Waals surface area contributed by atoms with E-state index in [9.17, 15) is 0 Å². The highest BCUT2D eigenvalue weighted by Crippen LogP contribution is 2.11. The molecule has 2 rings (SSSR count). The monoisotopic (exact) mass is 265 g/mol. The lowest BCUT2D eigenvalue weighted by Gasteiger charge is -2.04. The van der Waals surface area contributed by atoms with E-state index in [1.165, 1.54) is 0 Å². The van der Waals surface area contributed by atoms with Crippen molar-refractivity contribution in [3.05, 3.63) is 77.2 Å². The van der Waals surface area contributed by atoms with Gasteiger partial charge in [-0.2, -0.15) is 0 Å². The minimum atomic E-state index is 0.0800. The molecule has 0 unspecified atom stereocenters. The van der Waals surface area contributed by atoms with Crippen molar-refractivity contribution >= 4 is 11.7 Å². The summed E-state index contributed by atoms with van der Waals surface area (Å²) in [6.45, 7) is 0. The van der Waals surface area contributed by atoms with Crippen LogP contribution in [-0.4, -0.2) is 11.7 Å². The molecule has 0 aliphatic carbocycles. The first-order chi connectivity index (χ1) is 9.56. The number of nitrogens with one attached hydrogen (secondary N) is 2. The van der Waals surface area contributed by atoms with Crippen LogP contribution in [0.25, 0.3) is 0 Å². The van der Waals surface area contributed by atoms with Gasteiger partial charge < -0.3 is 11.5 Å². The van der Waals surface area contributed by atoms with E-state index >= 15 is 0 Å². The molecule has 0 aromatic heterocycles. The molecule has 6 N–H and O–H groups in total. The molecule has 0 bridgehead atoms. The molecule has 0 saturated heterocycles. The van der Waals surface area contributed by atoms with Crippen LogP contribution in [0.15, 0.2) is 48.5 Å². The van der Waals surface area contributed by atoms with Gasteiger partial charge in [0, 0.05) is 11.1 Å². The number of hydrogen-bond donors (Lipinski definition) is 4. The summed E-state index contributed by atoms with van der Waals surface area (Å²) in [5.41, 5.74) is 14.5. The summed E-state index contributed by atoms with van der Waals surface area (Å²) in [5, 5.41) is 14.7. The van der Waals surface area contributed by atoms with E-state index in [0.29, 0.717) is 0 Å². The molecule has 2 aromatic carbocycles. The van der Waals surface area contributed by atoms with Gasteiger partial charge in [0.25, 0.3) is 0 Å². The summed E-state index contributed by atoms with van der Waals surface area (Å²) in [6, 6.07) is 15.2. The van der Waals surface area contributed by atoms with Crippen LogP contribution in [-0.2, 0) is 6.42 Å². The lowest BCUT2D eigenvalue weighted by Crippen LogP contribution is -2.10. The number of amidine groups is 2. The van der Waals surface area contributed by atoms with Crippen molar-refractivity contribution in [2.75, 3.05) is 0 Å². The largest absolute Gasteiger partial charge is 0.384 e. The maximum absolute atomic E-state index is 7.34. The molecule has 1 radical (unpaired) electrons. The van der Waals surface area contributed by atoms with Crippen molar-refractivity contribution in [3.63, 3.8) is 0 Å². The van der Waals surface area contributed by atoms with Gasteiger partial charge in [-0.15, -0.1) is 0 Å². The summed E-state index contributed by atoms with van der Waals surface area (Å²) < 4.78 is 0. The van der Waals surface area contributed by atoms with Crippen molar-refractivity contribution in [1.82, 2.24) is 0 Å². The van der Waals surface area contributed by atoms with Crippen LogP contribution in [0.1, 0.15) is 22.3 Å². The summed E-state index contributed by atoms with van der Waals surface area (Å²) in [4.78, 5) is 0. The Hall–Kier alpha value is -2.62. The Morgan fingerprint density at radius 3 is 1.70 bits per heavy atom. The maximum atomic E-state index is 7.34. The van der Waals surface area contributed by atoms with Gasteiger partial charge in [0.1, 0.15) is 11.7 Å². The van der Waals surface area contributed by atoms with Gasteiger partial charge in [0.05, 0.1) is 0 Å². The van der Waals surface area contributed by atoms with Crippen LogP contribution in [0.4, 0.5) is 0 Å². The van der Waals surface area contributed by atoms with Crippen LogP contribution < -0.4 is 11.5 Å². The molecule has 0 spiro atoms. The Labute approximate surface area is 118 Å².